The predicted molar refractivity (Wildman–Crippen MR) is 156 cm³/mol. The molecule has 1 N–H and O–H groups in total. The predicted octanol–water partition coefficient (Wildman–Crippen LogP) is 9.13. The number of nitrogens with zero attached hydrogens (tertiary/aromatic N) is 1. The van der Waals surface area contributed by atoms with Crippen molar-refractivity contribution >= 4 is 24.1 Å². The molecule has 204 valence electrons. The Labute approximate surface area is 222 Å². The summed E-state index contributed by atoms with van der Waals surface area (Å²) >= 11 is 0.985. The zero-order chi connectivity index (χ0) is 28.2. The molecule has 0 aromatic heterocycles. The van der Waals surface area contributed by atoms with Crippen molar-refractivity contribution in [3.63, 3.8) is 0 Å². The molecule has 35 heavy (non-hydrogen) atoms. The van der Waals surface area contributed by atoms with Crippen molar-refractivity contribution in [2.24, 2.45) is 17.3 Å². The van der Waals surface area contributed by atoms with Crippen molar-refractivity contribution in [2.45, 2.75) is 128 Å². The summed E-state index contributed by atoms with van der Waals surface area (Å²) in [5, 5.41) is 9.41. The van der Waals surface area contributed by atoms with Gasteiger partial charge in [-0.25, -0.2) is 4.79 Å². The molecular weight excluding hydrogens is 454 g/mol. The van der Waals surface area contributed by atoms with E-state index in [2.05, 4.69) is 32.3 Å². The summed E-state index contributed by atoms with van der Waals surface area (Å²) in [7, 11) is 0. The van der Waals surface area contributed by atoms with Crippen LogP contribution < -0.4 is 0 Å². The normalized spacial score (nSPS) is 14.7. The lowest BCUT2D eigenvalue weighted by molar-refractivity contribution is -0.131. The van der Waals surface area contributed by atoms with Crippen molar-refractivity contribution in [1.29, 1.82) is 0 Å². The zero-order valence-corrected chi connectivity index (χ0v) is 25.7. The lowest BCUT2D eigenvalue weighted by atomic mass is 9.82. The lowest BCUT2D eigenvalue weighted by Gasteiger charge is -2.26. The third-order valence-electron chi connectivity index (χ3n) is 5.48. The maximum Gasteiger partial charge on any atom is 0.344 e. The SMILES string of the molecule is C=C(C#CC(C)(C)C)S/C(C(=O)O)=C(\C)N(C=O)C(C)CC.CC.CC.CC(C)C1CCCCC1. The summed E-state index contributed by atoms with van der Waals surface area (Å²) in [5.41, 5.74) is 0.220. The van der Waals surface area contributed by atoms with E-state index in [1.807, 2.05) is 62.3 Å². The Morgan fingerprint density at radius 2 is 1.60 bits per heavy atom. The smallest absolute Gasteiger partial charge is 0.344 e. The molecule has 1 fully saturated rings. The third-order valence-corrected chi connectivity index (χ3v) is 6.51. The van der Waals surface area contributed by atoms with E-state index in [9.17, 15) is 14.7 Å². The minimum atomic E-state index is -1.09. The molecule has 5 heteroatoms. The van der Waals surface area contributed by atoms with E-state index < -0.39 is 5.97 Å². The summed E-state index contributed by atoms with van der Waals surface area (Å²) < 4.78 is 0. The Balaban J connectivity index is -0.000000647. The maximum absolute atomic E-state index is 11.5. The van der Waals surface area contributed by atoms with Gasteiger partial charge in [-0.05, 0) is 52.9 Å². The lowest BCUT2D eigenvalue weighted by Crippen LogP contribution is -2.31. The van der Waals surface area contributed by atoms with Crippen LogP contribution in [0.25, 0.3) is 0 Å². The molecule has 0 radical (unpaired) electrons. The van der Waals surface area contributed by atoms with Gasteiger partial charge in [-0.3, -0.25) is 4.79 Å². The first-order valence-electron chi connectivity index (χ1n) is 13.4. The average molecular weight is 510 g/mol. The van der Waals surface area contributed by atoms with E-state index >= 15 is 0 Å². The van der Waals surface area contributed by atoms with Gasteiger partial charge in [0.1, 0.15) is 4.91 Å². The van der Waals surface area contributed by atoms with Gasteiger partial charge in [0.2, 0.25) is 6.41 Å². The summed E-state index contributed by atoms with van der Waals surface area (Å²) in [6.07, 6.45) is 8.86. The van der Waals surface area contributed by atoms with Crippen molar-refractivity contribution in [2.75, 3.05) is 0 Å². The van der Waals surface area contributed by atoms with Crippen LogP contribution in [0.3, 0.4) is 0 Å². The second kappa shape index (κ2) is 21.6. The highest BCUT2D eigenvalue weighted by atomic mass is 32.2. The molecule has 0 saturated heterocycles. The number of carboxylic acid groups (broad SMARTS) is 1. The van der Waals surface area contributed by atoms with Crippen LogP contribution in [0, 0.1) is 29.1 Å². The van der Waals surface area contributed by atoms with E-state index in [4.69, 9.17) is 0 Å². The molecule has 0 spiro atoms. The monoisotopic (exact) mass is 509 g/mol. The van der Waals surface area contributed by atoms with Crippen LogP contribution in [0.2, 0.25) is 0 Å². The first-order valence-corrected chi connectivity index (χ1v) is 14.2. The number of carboxylic acids is 1. The molecule has 0 aliphatic heterocycles. The van der Waals surface area contributed by atoms with Gasteiger partial charge in [0.05, 0.1) is 4.91 Å². The van der Waals surface area contributed by atoms with Crippen LogP contribution in [0.1, 0.15) is 122 Å². The number of allylic oxidation sites excluding steroid dienone is 2. The summed E-state index contributed by atoms with van der Waals surface area (Å²) in [6.45, 7) is 27.8. The van der Waals surface area contributed by atoms with E-state index in [-0.39, 0.29) is 16.4 Å². The molecule has 0 bridgehead atoms. The second-order valence-electron chi connectivity index (χ2n) is 9.66. The molecule has 0 heterocycles. The first-order chi connectivity index (χ1) is 16.3. The van der Waals surface area contributed by atoms with Gasteiger partial charge in [-0.2, -0.15) is 0 Å². The van der Waals surface area contributed by atoms with Gasteiger partial charge in [-0.15, -0.1) is 0 Å². The molecule has 1 atom stereocenters. The van der Waals surface area contributed by atoms with Gasteiger partial charge in [0.15, 0.2) is 0 Å². The highest BCUT2D eigenvalue weighted by molar-refractivity contribution is 8.07. The minimum Gasteiger partial charge on any atom is -0.477 e. The molecule has 1 rings (SSSR count). The molecule has 0 aromatic carbocycles. The largest absolute Gasteiger partial charge is 0.477 e. The Morgan fingerprint density at radius 3 is 1.91 bits per heavy atom. The Morgan fingerprint density at radius 1 is 1.11 bits per heavy atom. The first kappa shape index (κ1) is 37.9. The van der Waals surface area contributed by atoms with E-state index in [0.29, 0.717) is 17.0 Å². The Hall–Kier alpha value is -1.67. The van der Waals surface area contributed by atoms with Crippen LogP contribution in [0.15, 0.2) is 22.1 Å². The summed E-state index contributed by atoms with van der Waals surface area (Å²) in [4.78, 5) is 24.7. The topological polar surface area (TPSA) is 57.6 Å². The van der Waals surface area contributed by atoms with Crippen LogP contribution in [0.4, 0.5) is 0 Å². The molecule has 4 nitrogen and oxygen atoms in total. The highest BCUT2D eigenvalue weighted by Gasteiger charge is 2.21. The molecule has 1 aliphatic rings. The van der Waals surface area contributed by atoms with Crippen molar-refractivity contribution < 1.29 is 14.7 Å². The molecule has 1 amide bonds. The van der Waals surface area contributed by atoms with Crippen LogP contribution in [0.5, 0.6) is 0 Å². The molecular formula is C30H55NO3S. The van der Waals surface area contributed by atoms with Crippen LogP contribution in [-0.4, -0.2) is 28.4 Å². The van der Waals surface area contributed by atoms with Crippen molar-refractivity contribution in [1.82, 2.24) is 4.90 Å². The fraction of sp³-hybridized carbons (Fsp3) is 0.733. The van der Waals surface area contributed by atoms with Crippen LogP contribution >= 0.6 is 11.8 Å². The highest BCUT2D eigenvalue weighted by Crippen LogP contribution is 2.30. The van der Waals surface area contributed by atoms with Gasteiger partial charge < -0.3 is 10.0 Å². The number of rotatable bonds is 8. The quantitative estimate of drug-likeness (QED) is 0.201. The number of carbonyl (C=O) groups excluding carboxylic acids is 1. The number of thioether (sulfide) groups is 1. The molecule has 1 saturated carbocycles. The number of hydrogen-bond donors (Lipinski definition) is 1. The molecule has 1 unspecified atom stereocenters. The molecule has 0 aromatic rings. The summed E-state index contributed by atoms with van der Waals surface area (Å²) in [5.74, 6) is 6.79. The number of carbonyl (C=O) groups is 2. The van der Waals surface area contributed by atoms with E-state index in [0.717, 1.165) is 30.0 Å². The van der Waals surface area contributed by atoms with Gasteiger partial charge >= 0.3 is 5.97 Å². The van der Waals surface area contributed by atoms with Crippen molar-refractivity contribution in [3.8, 4) is 11.8 Å². The summed E-state index contributed by atoms with van der Waals surface area (Å²) in [6, 6.07) is -0.0682. The Bertz CT molecular complexity index is 687. The second-order valence-corrected chi connectivity index (χ2v) is 10.8. The number of hydrogen-bond acceptors (Lipinski definition) is 3. The number of aliphatic carboxylic acids is 1. The fourth-order valence-electron chi connectivity index (χ4n) is 3.31. The van der Waals surface area contributed by atoms with Crippen molar-refractivity contribution in [3.05, 3.63) is 22.1 Å². The van der Waals surface area contributed by atoms with Gasteiger partial charge in [0.25, 0.3) is 0 Å². The van der Waals surface area contributed by atoms with Gasteiger partial charge in [-0.1, -0.05) is 111 Å². The van der Waals surface area contributed by atoms with E-state index in [1.54, 1.807) is 6.92 Å². The minimum absolute atomic E-state index is 0.0682. The standard InChI is InChI=1S/C17H25NO3S.C9H18.2C2H6/c1-8-12(2)18(11-19)14(4)15(16(20)21)22-13(3)9-10-17(5,6)7;1-8(2)9-6-4-3-5-7-9;2*1-2/h11-12H,3,8H2,1-2,4-7H3,(H,20,21);8-9H,3-7H2,1-2H3;2*1-2H3/b15-14+;;;. The zero-order valence-electron chi connectivity index (χ0n) is 24.9. The third kappa shape index (κ3) is 18.3. The number of amides is 1. The van der Waals surface area contributed by atoms with E-state index in [1.165, 1.54) is 37.0 Å². The fourth-order valence-corrected chi connectivity index (χ4v) is 4.00. The van der Waals surface area contributed by atoms with Crippen LogP contribution in [-0.2, 0) is 9.59 Å². The average Bonchev–Trinajstić information content (AvgIpc) is 2.84. The maximum atomic E-state index is 11.5. The van der Waals surface area contributed by atoms with Gasteiger partial charge in [0, 0.05) is 17.2 Å². The molecule has 1 aliphatic carbocycles. The Kier molecular flexibility index (Phi) is 23.4.